The average Bonchev–Trinajstić information content (AvgIpc) is 3.59. The van der Waals surface area contributed by atoms with Crippen LogP contribution in [0.4, 0.5) is 0 Å². The van der Waals surface area contributed by atoms with Gasteiger partial charge < -0.3 is 20.6 Å². The Morgan fingerprint density at radius 3 is 1.94 bits per heavy atom. The number of rotatable bonds is 10. The fraction of sp³-hybridized carbons (Fsp3) is 0.434. The predicted molar refractivity (Wildman–Crippen MR) is 265 cm³/mol. The van der Waals surface area contributed by atoms with Crippen LogP contribution in [0.25, 0.3) is 61.1 Å². The van der Waals surface area contributed by atoms with E-state index in [2.05, 4.69) is 90.1 Å². The van der Waals surface area contributed by atoms with Gasteiger partial charge in [0.15, 0.2) is 0 Å². The highest BCUT2D eigenvalue weighted by Crippen LogP contribution is 2.39. The Hall–Kier alpha value is -6.30. The summed E-state index contributed by atoms with van der Waals surface area (Å²) in [5.74, 6) is 3.26. The number of H-pyrrole nitrogens is 2. The van der Waals surface area contributed by atoms with Crippen molar-refractivity contribution in [1.29, 1.82) is 0 Å². The Labute approximate surface area is 382 Å². The van der Waals surface area contributed by atoms with Gasteiger partial charge in [-0.2, -0.15) is 10.2 Å². The summed E-state index contributed by atoms with van der Waals surface area (Å²) in [7, 11) is 0. The molecule has 0 bridgehead atoms. The van der Waals surface area contributed by atoms with Crippen molar-refractivity contribution >= 4 is 38.8 Å². The summed E-state index contributed by atoms with van der Waals surface area (Å²) in [5.41, 5.74) is 11.8. The lowest BCUT2D eigenvalue weighted by Gasteiger charge is -2.24. The molecule has 8 aromatic heterocycles. The summed E-state index contributed by atoms with van der Waals surface area (Å²) in [6.07, 6.45) is 38.3. The molecule has 65 heavy (non-hydrogen) atoms. The number of fused-ring (bicyclic) bond motifs is 4. The quantitative estimate of drug-likeness (QED) is 0.106. The van der Waals surface area contributed by atoms with E-state index in [-0.39, 0.29) is 0 Å². The first-order valence-corrected chi connectivity index (χ1v) is 24.4. The zero-order chi connectivity index (χ0) is 44.7. The molecular weight excluding hydrogens is 805 g/mol. The monoisotopic (exact) mass is 871 g/mol. The van der Waals surface area contributed by atoms with E-state index in [1.165, 1.54) is 102 Å². The second-order valence-electron chi connectivity index (χ2n) is 18.3. The lowest BCUT2D eigenvalue weighted by Crippen LogP contribution is -2.29. The fourth-order valence-corrected chi connectivity index (χ4v) is 9.59. The van der Waals surface area contributed by atoms with E-state index >= 15 is 0 Å². The summed E-state index contributed by atoms with van der Waals surface area (Å²) < 4.78 is 3.82. The lowest BCUT2D eigenvalue weighted by atomic mass is 9.83. The molecule has 8 heterocycles. The Bertz CT molecular complexity index is 2860. The fourth-order valence-electron chi connectivity index (χ4n) is 9.59. The van der Waals surface area contributed by atoms with Crippen molar-refractivity contribution in [3.8, 4) is 22.3 Å². The SMILES string of the molecule is C=C(NC1CCCCC1)c1cnn2ccc(-c3c[nH]c4nc(CC5CCC5)ncc34)cc12.C=CNC1CCCCC1.CC.Cc1cnn2ccc(-c3c[nH]c4nc(C5CC5)ncc34)cc12. The van der Waals surface area contributed by atoms with E-state index in [1.807, 2.05) is 78.7 Å². The molecule has 0 unspecified atom stereocenters. The molecule has 4 aliphatic rings. The highest BCUT2D eigenvalue weighted by atomic mass is 15.2. The van der Waals surface area contributed by atoms with Crippen LogP contribution in [0.5, 0.6) is 0 Å². The standard InChI is InChI=1S/C26H30N6.C17H15N5.C8H15N.C2H6/c1-17(30-20-8-3-2-4-9-20)21-16-29-32-11-10-19(13-24(21)32)22-14-28-26-23(22)15-27-25(31-26)12-18-6-5-7-18;1-10-7-20-22-5-4-12(6-15(10)22)13-8-19-17-14(13)9-18-16(21-17)11-2-3-11;1-2-9-8-6-4-3-5-7-8;1-2/h10-11,13-16,18,20,30H,1-9,12H2,(H,27,28,31);4-9,11H,2-3H2,1H3,(H,18,19,21);2,8-9H,1,3-7H2;1-2H3. The largest absolute Gasteiger partial charge is 0.389 e. The lowest BCUT2D eigenvalue weighted by molar-refractivity contribution is 0.309. The maximum atomic E-state index is 4.80. The van der Waals surface area contributed by atoms with Gasteiger partial charge in [0.25, 0.3) is 0 Å². The van der Waals surface area contributed by atoms with Crippen molar-refractivity contribution in [2.75, 3.05) is 0 Å². The Morgan fingerprint density at radius 2 is 1.31 bits per heavy atom. The first-order valence-electron chi connectivity index (χ1n) is 24.4. The molecule has 0 spiro atoms. The van der Waals surface area contributed by atoms with Crippen molar-refractivity contribution in [3.05, 3.63) is 116 Å². The van der Waals surface area contributed by atoms with Gasteiger partial charge in [-0.05, 0) is 98.5 Å². The third-order valence-corrected chi connectivity index (χ3v) is 13.7. The number of nitrogens with one attached hydrogen (secondary N) is 4. The Balaban J connectivity index is 0.000000139. The van der Waals surface area contributed by atoms with Crippen molar-refractivity contribution < 1.29 is 0 Å². The number of hydrogen-bond acceptors (Lipinski definition) is 8. The first kappa shape index (κ1) is 43.9. The number of hydrogen-bond donors (Lipinski definition) is 4. The molecule has 4 fully saturated rings. The van der Waals surface area contributed by atoms with Crippen LogP contribution in [0.15, 0.2) is 93.2 Å². The van der Waals surface area contributed by atoms with Crippen LogP contribution in [0.2, 0.25) is 0 Å². The summed E-state index contributed by atoms with van der Waals surface area (Å²) in [5, 5.41) is 17.9. The van der Waals surface area contributed by atoms with Gasteiger partial charge in [0, 0.05) is 94.8 Å². The van der Waals surface area contributed by atoms with E-state index in [0.29, 0.717) is 12.0 Å². The molecule has 0 aromatic carbocycles. The zero-order valence-electron chi connectivity index (χ0n) is 38.6. The molecule has 0 radical (unpaired) electrons. The van der Waals surface area contributed by atoms with Crippen LogP contribution < -0.4 is 10.6 Å². The van der Waals surface area contributed by atoms with Crippen LogP contribution in [0, 0.1) is 12.8 Å². The minimum atomic E-state index is 0.522. The van der Waals surface area contributed by atoms with Crippen molar-refractivity contribution in [2.24, 2.45) is 5.92 Å². The number of aromatic amines is 2. The summed E-state index contributed by atoms with van der Waals surface area (Å²) >= 11 is 0. The number of nitrogens with zero attached hydrogens (tertiary/aromatic N) is 8. The smallest absolute Gasteiger partial charge is 0.141 e. The Kier molecular flexibility index (Phi) is 13.7. The molecule has 0 amide bonds. The topological polar surface area (TPSA) is 142 Å². The minimum absolute atomic E-state index is 0.522. The second-order valence-corrected chi connectivity index (χ2v) is 18.3. The minimum Gasteiger partial charge on any atom is -0.389 e. The molecule has 338 valence electrons. The average molecular weight is 871 g/mol. The number of pyridine rings is 2. The molecule has 4 aliphatic carbocycles. The summed E-state index contributed by atoms with van der Waals surface area (Å²) in [4.78, 5) is 25.4. The molecule has 12 rings (SSSR count). The molecule has 12 heteroatoms. The molecular formula is C53H66N12. The van der Waals surface area contributed by atoms with E-state index in [1.54, 1.807) is 0 Å². The third kappa shape index (κ3) is 10.0. The summed E-state index contributed by atoms with van der Waals surface area (Å²) in [6, 6.07) is 9.80. The van der Waals surface area contributed by atoms with Crippen LogP contribution in [0.1, 0.15) is 139 Å². The van der Waals surface area contributed by atoms with Crippen LogP contribution in [0.3, 0.4) is 0 Å². The van der Waals surface area contributed by atoms with Crippen LogP contribution in [-0.2, 0) is 6.42 Å². The van der Waals surface area contributed by atoms with Crippen molar-refractivity contribution in [3.63, 3.8) is 0 Å². The maximum absolute atomic E-state index is 4.80. The number of aryl methyl sites for hydroxylation is 1. The van der Waals surface area contributed by atoms with Gasteiger partial charge in [-0.25, -0.2) is 29.0 Å². The molecule has 0 atom stereocenters. The molecule has 4 N–H and O–H groups in total. The van der Waals surface area contributed by atoms with Gasteiger partial charge in [0.2, 0.25) is 0 Å². The van der Waals surface area contributed by atoms with Gasteiger partial charge in [0.05, 0.1) is 23.4 Å². The number of aromatic nitrogens is 10. The summed E-state index contributed by atoms with van der Waals surface area (Å²) in [6.45, 7) is 14.1. The van der Waals surface area contributed by atoms with E-state index in [9.17, 15) is 0 Å². The maximum Gasteiger partial charge on any atom is 0.141 e. The van der Waals surface area contributed by atoms with E-state index < -0.39 is 0 Å². The molecule has 8 aromatic rings. The highest BCUT2D eigenvalue weighted by molar-refractivity contribution is 5.95. The van der Waals surface area contributed by atoms with Gasteiger partial charge in [-0.15, -0.1) is 0 Å². The molecule has 0 saturated heterocycles. The van der Waals surface area contributed by atoms with Crippen molar-refractivity contribution in [1.82, 2.24) is 59.8 Å². The molecule has 0 aliphatic heterocycles. The first-order chi connectivity index (χ1) is 32.0. The van der Waals surface area contributed by atoms with E-state index in [0.717, 1.165) is 96.6 Å². The van der Waals surface area contributed by atoms with E-state index in [4.69, 9.17) is 4.98 Å². The molecule has 12 nitrogen and oxygen atoms in total. The Morgan fingerprint density at radius 1 is 0.708 bits per heavy atom. The predicted octanol–water partition coefficient (Wildman–Crippen LogP) is 12.0. The van der Waals surface area contributed by atoms with Crippen LogP contribution in [-0.4, -0.2) is 61.2 Å². The third-order valence-electron chi connectivity index (χ3n) is 13.7. The van der Waals surface area contributed by atoms with Crippen molar-refractivity contribution in [2.45, 2.75) is 142 Å². The van der Waals surface area contributed by atoms with Gasteiger partial charge >= 0.3 is 0 Å². The van der Waals surface area contributed by atoms with Crippen LogP contribution >= 0.6 is 0 Å². The van der Waals surface area contributed by atoms with Gasteiger partial charge in [-0.1, -0.05) is 84.8 Å². The second kappa shape index (κ2) is 20.3. The van der Waals surface area contributed by atoms with Gasteiger partial charge in [-0.3, -0.25) is 0 Å². The normalized spacial score (nSPS) is 16.8. The van der Waals surface area contributed by atoms with Gasteiger partial charge in [0.1, 0.15) is 22.9 Å². The zero-order valence-corrected chi connectivity index (χ0v) is 38.6. The highest BCUT2D eigenvalue weighted by Gasteiger charge is 2.27. The molecule has 4 saturated carbocycles.